The normalized spacial score (nSPS) is 18.2. The van der Waals surface area contributed by atoms with Crippen molar-refractivity contribution in [1.29, 1.82) is 0 Å². The van der Waals surface area contributed by atoms with Crippen molar-refractivity contribution in [3.05, 3.63) is 68.7 Å². The van der Waals surface area contributed by atoms with Crippen molar-refractivity contribution >= 4 is 46.7 Å². The molecule has 2 heterocycles. The SMILES string of the molecule is O=C(CCc1ccc2c(c1)CN(C1CCC(=O)NC1=O)C2=O)Cc1ccc(Cl)cc1Cl. The first-order valence-electron chi connectivity index (χ1n) is 10.0. The lowest BCUT2D eigenvalue weighted by Crippen LogP contribution is -2.52. The summed E-state index contributed by atoms with van der Waals surface area (Å²) in [6, 6.07) is 9.97. The second-order valence-corrected chi connectivity index (χ2v) is 8.69. The van der Waals surface area contributed by atoms with Gasteiger partial charge in [0.15, 0.2) is 0 Å². The largest absolute Gasteiger partial charge is 0.322 e. The zero-order chi connectivity index (χ0) is 22.1. The van der Waals surface area contributed by atoms with Gasteiger partial charge in [-0.3, -0.25) is 24.5 Å². The van der Waals surface area contributed by atoms with Crippen molar-refractivity contribution in [2.75, 3.05) is 0 Å². The number of rotatable bonds is 6. The summed E-state index contributed by atoms with van der Waals surface area (Å²) < 4.78 is 0. The van der Waals surface area contributed by atoms with Crippen molar-refractivity contribution in [1.82, 2.24) is 10.2 Å². The minimum atomic E-state index is -0.633. The Kier molecular flexibility index (Phi) is 6.12. The Morgan fingerprint density at radius 1 is 1.10 bits per heavy atom. The molecular formula is C23H20Cl2N2O4. The summed E-state index contributed by atoms with van der Waals surface area (Å²) in [6.07, 6.45) is 1.69. The number of benzene rings is 2. The summed E-state index contributed by atoms with van der Waals surface area (Å²) in [4.78, 5) is 50.2. The zero-order valence-electron chi connectivity index (χ0n) is 16.6. The van der Waals surface area contributed by atoms with E-state index in [0.29, 0.717) is 41.4 Å². The number of aryl methyl sites for hydroxylation is 1. The molecule has 1 atom stereocenters. The van der Waals surface area contributed by atoms with E-state index in [-0.39, 0.29) is 30.4 Å². The first-order chi connectivity index (χ1) is 14.8. The van der Waals surface area contributed by atoms with Gasteiger partial charge in [-0.1, -0.05) is 41.4 Å². The van der Waals surface area contributed by atoms with E-state index in [0.717, 1.165) is 16.7 Å². The molecule has 2 aromatic rings. The molecule has 1 unspecified atom stereocenters. The number of imide groups is 1. The van der Waals surface area contributed by atoms with Gasteiger partial charge in [0.1, 0.15) is 11.8 Å². The van der Waals surface area contributed by atoms with Crippen LogP contribution < -0.4 is 5.32 Å². The maximum atomic E-state index is 12.7. The number of amides is 3. The van der Waals surface area contributed by atoms with E-state index >= 15 is 0 Å². The highest BCUT2D eigenvalue weighted by Crippen LogP contribution is 2.28. The molecule has 0 aromatic heterocycles. The molecule has 2 aromatic carbocycles. The standard InChI is InChI=1S/C23H20Cl2N2O4/c24-16-4-3-14(19(25)11-16)10-17(28)5-1-13-2-6-18-15(9-13)12-27(23(18)31)20-7-8-21(29)26-22(20)30/h2-4,6,9,11,20H,1,5,7-8,10,12H2,(H,26,29,30). The van der Waals surface area contributed by atoms with Gasteiger partial charge in [-0.25, -0.2) is 0 Å². The number of halogens is 2. The quantitative estimate of drug-likeness (QED) is 0.671. The number of nitrogens with one attached hydrogen (secondary N) is 1. The van der Waals surface area contributed by atoms with Gasteiger partial charge in [-0.2, -0.15) is 0 Å². The number of Topliss-reactive ketones (excluding diaryl/α,β-unsaturated/α-hetero) is 1. The van der Waals surface area contributed by atoms with Crippen molar-refractivity contribution in [2.24, 2.45) is 0 Å². The molecule has 1 fully saturated rings. The van der Waals surface area contributed by atoms with Gasteiger partial charge in [0.05, 0.1) is 0 Å². The predicted molar refractivity (Wildman–Crippen MR) is 116 cm³/mol. The molecular weight excluding hydrogens is 439 g/mol. The van der Waals surface area contributed by atoms with Crippen molar-refractivity contribution in [3.63, 3.8) is 0 Å². The maximum absolute atomic E-state index is 12.7. The number of hydrogen-bond donors (Lipinski definition) is 1. The molecule has 2 aliphatic rings. The van der Waals surface area contributed by atoms with Crippen LogP contribution >= 0.6 is 23.2 Å². The van der Waals surface area contributed by atoms with Crippen LogP contribution in [0.3, 0.4) is 0 Å². The molecule has 0 saturated carbocycles. The number of piperidine rings is 1. The van der Waals surface area contributed by atoms with Gasteiger partial charge >= 0.3 is 0 Å². The van der Waals surface area contributed by atoms with Crippen LogP contribution in [0.5, 0.6) is 0 Å². The summed E-state index contributed by atoms with van der Waals surface area (Å²) in [7, 11) is 0. The van der Waals surface area contributed by atoms with E-state index in [1.54, 1.807) is 24.3 Å². The Hall–Kier alpha value is -2.70. The highest BCUT2D eigenvalue weighted by Gasteiger charge is 2.39. The first kappa shape index (κ1) is 21.5. The van der Waals surface area contributed by atoms with Gasteiger partial charge in [-0.05, 0) is 47.7 Å². The third kappa shape index (κ3) is 4.65. The highest BCUT2D eigenvalue weighted by molar-refractivity contribution is 6.35. The van der Waals surface area contributed by atoms with Crippen LogP contribution in [-0.2, 0) is 33.8 Å². The number of carbonyl (C=O) groups excluding carboxylic acids is 4. The molecule has 0 spiro atoms. The third-order valence-corrected chi connectivity index (χ3v) is 6.27. The fourth-order valence-corrected chi connectivity index (χ4v) is 4.51. The molecule has 1 saturated heterocycles. The van der Waals surface area contributed by atoms with Crippen molar-refractivity contribution in [2.45, 2.75) is 44.7 Å². The van der Waals surface area contributed by atoms with E-state index in [1.807, 2.05) is 12.1 Å². The number of carbonyl (C=O) groups is 4. The van der Waals surface area contributed by atoms with Crippen LogP contribution in [0.4, 0.5) is 0 Å². The van der Waals surface area contributed by atoms with E-state index in [1.165, 1.54) is 4.90 Å². The van der Waals surface area contributed by atoms with E-state index < -0.39 is 11.9 Å². The molecule has 0 aliphatic carbocycles. The van der Waals surface area contributed by atoms with Gasteiger partial charge in [0.2, 0.25) is 11.8 Å². The van der Waals surface area contributed by atoms with Gasteiger partial charge < -0.3 is 4.90 Å². The predicted octanol–water partition coefficient (Wildman–Crippen LogP) is 3.50. The van der Waals surface area contributed by atoms with Crippen LogP contribution in [0.2, 0.25) is 10.0 Å². The molecule has 1 N–H and O–H groups in total. The summed E-state index contributed by atoms with van der Waals surface area (Å²) >= 11 is 12.0. The second-order valence-electron chi connectivity index (χ2n) is 7.84. The van der Waals surface area contributed by atoms with Crippen LogP contribution in [0, 0.1) is 0 Å². The molecule has 0 bridgehead atoms. The van der Waals surface area contributed by atoms with E-state index in [4.69, 9.17) is 23.2 Å². The molecule has 4 rings (SSSR count). The molecule has 6 nitrogen and oxygen atoms in total. The monoisotopic (exact) mass is 458 g/mol. The zero-order valence-corrected chi connectivity index (χ0v) is 18.1. The van der Waals surface area contributed by atoms with Gasteiger partial charge in [0.25, 0.3) is 5.91 Å². The number of fused-ring (bicyclic) bond motifs is 1. The Bertz CT molecular complexity index is 1100. The summed E-state index contributed by atoms with van der Waals surface area (Å²) in [6.45, 7) is 0.322. The van der Waals surface area contributed by atoms with E-state index in [9.17, 15) is 19.2 Å². The number of nitrogens with zero attached hydrogens (tertiary/aromatic N) is 1. The molecule has 3 amide bonds. The van der Waals surface area contributed by atoms with Crippen LogP contribution in [0.25, 0.3) is 0 Å². The van der Waals surface area contributed by atoms with Crippen LogP contribution in [-0.4, -0.2) is 34.4 Å². The average Bonchev–Trinajstić information content (AvgIpc) is 3.04. The fourth-order valence-electron chi connectivity index (χ4n) is 4.03. The van der Waals surface area contributed by atoms with E-state index in [2.05, 4.69) is 5.32 Å². The summed E-state index contributed by atoms with van der Waals surface area (Å²) in [5.74, 6) is -0.878. The summed E-state index contributed by atoms with van der Waals surface area (Å²) in [5, 5.41) is 3.30. The third-order valence-electron chi connectivity index (χ3n) is 5.68. The highest BCUT2D eigenvalue weighted by atomic mass is 35.5. The fraction of sp³-hybridized carbons (Fsp3) is 0.304. The number of hydrogen-bond acceptors (Lipinski definition) is 4. The lowest BCUT2D eigenvalue weighted by molar-refractivity contribution is -0.137. The smallest absolute Gasteiger partial charge is 0.255 e. The minimum absolute atomic E-state index is 0.0611. The van der Waals surface area contributed by atoms with Gasteiger partial charge in [0, 0.05) is 41.4 Å². The molecule has 8 heteroatoms. The van der Waals surface area contributed by atoms with Crippen LogP contribution in [0.15, 0.2) is 36.4 Å². The molecule has 31 heavy (non-hydrogen) atoms. The lowest BCUT2D eigenvalue weighted by Gasteiger charge is -2.29. The summed E-state index contributed by atoms with van der Waals surface area (Å²) in [5.41, 5.74) is 3.09. The number of ketones is 1. The maximum Gasteiger partial charge on any atom is 0.255 e. The van der Waals surface area contributed by atoms with Crippen molar-refractivity contribution in [3.8, 4) is 0 Å². The van der Waals surface area contributed by atoms with Gasteiger partial charge in [-0.15, -0.1) is 0 Å². The Morgan fingerprint density at radius 3 is 2.65 bits per heavy atom. The molecule has 2 aliphatic heterocycles. The minimum Gasteiger partial charge on any atom is -0.322 e. The molecule has 160 valence electrons. The Labute approximate surface area is 189 Å². The molecule has 0 radical (unpaired) electrons. The lowest BCUT2D eigenvalue weighted by atomic mass is 9.99. The average molecular weight is 459 g/mol. The topological polar surface area (TPSA) is 83.6 Å². The second kappa shape index (κ2) is 8.81. The Balaban J connectivity index is 1.38. The van der Waals surface area contributed by atoms with Crippen molar-refractivity contribution < 1.29 is 19.2 Å². The first-order valence-corrected chi connectivity index (χ1v) is 10.8. The Morgan fingerprint density at radius 2 is 1.90 bits per heavy atom. The van der Waals surface area contributed by atoms with Crippen LogP contribution in [0.1, 0.15) is 46.3 Å².